The van der Waals surface area contributed by atoms with Crippen LogP contribution >= 0.6 is 0 Å². The lowest BCUT2D eigenvalue weighted by Gasteiger charge is -2.12. The number of aromatic nitrogens is 3. The van der Waals surface area contributed by atoms with Gasteiger partial charge in [0, 0.05) is 29.7 Å². The molecule has 0 saturated heterocycles. The maximum absolute atomic E-state index is 9.01. The van der Waals surface area contributed by atoms with Crippen LogP contribution in [0.1, 0.15) is 28.8 Å². The van der Waals surface area contributed by atoms with Crippen LogP contribution in [-0.2, 0) is 19.4 Å². The molecule has 0 aliphatic heterocycles. The molecule has 2 heterocycles. The summed E-state index contributed by atoms with van der Waals surface area (Å²) in [5.74, 6) is 0.827. The number of fused-ring (bicyclic) bond motifs is 1. The Morgan fingerprint density at radius 3 is 2.81 bits per heavy atom. The first-order valence-electron chi connectivity index (χ1n) is 8.45. The van der Waals surface area contributed by atoms with Crippen molar-refractivity contribution in [1.29, 1.82) is 5.26 Å². The molecule has 3 aromatic rings. The van der Waals surface area contributed by atoms with Crippen molar-refractivity contribution in [3.05, 3.63) is 65.1 Å². The van der Waals surface area contributed by atoms with E-state index in [0.29, 0.717) is 18.1 Å². The van der Waals surface area contributed by atoms with Gasteiger partial charge in [-0.05, 0) is 48.1 Å². The van der Waals surface area contributed by atoms with Gasteiger partial charge in [0.05, 0.1) is 11.6 Å². The Bertz CT molecular complexity index is 992. The van der Waals surface area contributed by atoms with Crippen LogP contribution in [0.25, 0.3) is 11.1 Å². The lowest BCUT2D eigenvalue weighted by molar-refractivity contribution is 0.293. The van der Waals surface area contributed by atoms with Crippen LogP contribution in [0.15, 0.2) is 42.7 Å². The highest BCUT2D eigenvalue weighted by Gasteiger charge is 2.20. The standard InChI is InChI=1S/C20H17N5O/c21-9-13-3-1-4-14(7-13)12-26-19-8-17(15-10-23-20(22)24-11-15)16-5-2-6-18(16)25-19/h1,3-4,7-8,10-11H,2,5-6,12H2,(H2,22,23,24). The number of nitrogens with two attached hydrogens (primary N) is 1. The molecule has 0 amide bonds. The minimum atomic E-state index is 0.258. The molecule has 0 fully saturated rings. The third kappa shape index (κ3) is 3.20. The monoisotopic (exact) mass is 343 g/mol. The molecule has 0 bridgehead atoms. The Morgan fingerprint density at radius 2 is 2.00 bits per heavy atom. The Balaban J connectivity index is 1.64. The molecule has 128 valence electrons. The van der Waals surface area contributed by atoms with Crippen molar-refractivity contribution in [3.63, 3.8) is 0 Å². The van der Waals surface area contributed by atoms with E-state index in [2.05, 4.69) is 21.0 Å². The van der Waals surface area contributed by atoms with Crippen LogP contribution in [0.5, 0.6) is 5.88 Å². The number of hydrogen-bond acceptors (Lipinski definition) is 6. The molecule has 0 radical (unpaired) electrons. The molecule has 4 rings (SSSR count). The van der Waals surface area contributed by atoms with E-state index < -0.39 is 0 Å². The molecule has 2 N–H and O–H groups in total. The van der Waals surface area contributed by atoms with Crippen molar-refractivity contribution in [3.8, 4) is 23.1 Å². The molecule has 26 heavy (non-hydrogen) atoms. The van der Waals surface area contributed by atoms with Gasteiger partial charge in [-0.15, -0.1) is 0 Å². The Morgan fingerprint density at radius 1 is 1.15 bits per heavy atom. The SMILES string of the molecule is N#Cc1cccc(COc2cc(-c3cnc(N)nc3)c3c(n2)CCC3)c1. The van der Waals surface area contributed by atoms with Crippen LogP contribution in [0.4, 0.5) is 5.95 Å². The van der Waals surface area contributed by atoms with E-state index in [-0.39, 0.29) is 5.95 Å². The van der Waals surface area contributed by atoms with Crippen molar-refractivity contribution in [1.82, 2.24) is 15.0 Å². The van der Waals surface area contributed by atoms with Gasteiger partial charge < -0.3 is 10.5 Å². The fourth-order valence-corrected chi connectivity index (χ4v) is 3.21. The van der Waals surface area contributed by atoms with Crippen molar-refractivity contribution in [2.24, 2.45) is 0 Å². The summed E-state index contributed by atoms with van der Waals surface area (Å²) < 4.78 is 5.92. The fraction of sp³-hybridized carbons (Fsp3) is 0.200. The van der Waals surface area contributed by atoms with E-state index in [4.69, 9.17) is 15.7 Å². The lowest BCUT2D eigenvalue weighted by atomic mass is 10.0. The molecule has 1 aliphatic rings. The summed E-state index contributed by atoms with van der Waals surface area (Å²) in [6.45, 7) is 0.360. The maximum Gasteiger partial charge on any atom is 0.219 e. The summed E-state index contributed by atoms with van der Waals surface area (Å²) in [5.41, 5.74) is 11.4. The predicted octanol–water partition coefficient (Wildman–Crippen LogP) is 3.06. The largest absolute Gasteiger partial charge is 0.473 e. The predicted molar refractivity (Wildman–Crippen MR) is 97.2 cm³/mol. The highest BCUT2D eigenvalue weighted by molar-refractivity contribution is 5.69. The smallest absolute Gasteiger partial charge is 0.219 e. The van der Waals surface area contributed by atoms with E-state index in [1.807, 2.05) is 24.3 Å². The number of hydrogen-bond donors (Lipinski definition) is 1. The third-order valence-electron chi connectivity index (χ3n) is 4.45. The van der Waals surface area contributed by atoms with Crippen LogP contribution in [0.2, 0.25) is 0 Å². The second-order valence-corrected chi connectivity index (χ2v) is 6.22. The van der Waals surface area contributed by atoms with E-state index >= 15 is 0 Å². The zero-order chi connectivity index (χ0) is 17.9. The number of nitrogen functional groups attached to an aromatic ring is 1. The first-order chi connectivity index (χ1) is 12.7. The molecular formula is C20H17N5O. The number of ether oxygens (including phenoxy) is 1. The van der Waals surface area contributed by atoms with Crippen LogP contribution in [0.3, 0.4) is 0 Å². The molecule has 6 nitrogen and oxygen atoms in total. The second kappa shape index (κ2) is 6.81. The minimum Gasteiger partial charge on any atom is -0.473 e. The number of anilines is 1. The van der Waals surface area contributed by atoms with E-state index in [1.54, 1.807) is 18.5 Å². The zero-order valence-corrected chi connectivity index (χ0v) is 14.1. The molecule has 6 heteroatoms. The number of benzene rings is 1. The molecule has 2 aromatic heterocycles. The lowest BCUT2D eigenvalue weighted by Crippen LogP contribution is -2.02. The molecule has 1 aliphatic carbocycles. The number of rotatable bonds is 4. The Hall–Kier alpha value is -3.46. The summed E-state index contributed by atoms with van der Waals surface area (Å²) in [4.78, 5) is 12.9. The van der Waals surface area contributed by atoms with Gasteiger partial charge in [0.1, 0.15) is 6.61 Å². The fourth-order valence-electron chi connectivity index (χ4n) is 3.21. The minimum absolute atomic E-state index is 0.258. The first-order valence-corrected chi connectivity index (χ1v) is 8.45. The summed E-state index contributed by atoms with van der Waals surface area (Å²) in [5, 5.41) is 9.01. The van der Waals surface area contributed by atoms with E-state index in [9.17, 15) is 0 Å². The van der Waals surface area contributed by atoms with Crippen molar-refractivity contribution in [2.75, 3.05) is 5.73 Å². The summed E-state index contributed by atoms with van der Waals surface area (Å²) in [6.07, 6.45) is 6.48. The molecular weight excluding hydrogens is 326 g/mol. The maximum atomic E-state index is 9.01. The van der Waals surface area contributed by atoms with Crippen LogP contribution in [0, 0.1) is 11.3 Å². The topological polar surface area (TPSA) is 97.7 Å². The second-order valence-electron chi connectivity index (χ2n) is 6.22. The number of aryl methyl sites for hydroxylation is 1. The number of nitriles is 1. The normalized spacial score (nSPS) is 12.4. The Labute approximate surface area is 151 Å². The highest BCUT2D eigenvalue weighted by Crippen LogP contribution is 2.34. The van der Waals surface area contributed by atoms with Crippen LogP contribution in [-0.4, -0.2) is 15.0 Å². The van der Waals surface area contributed by atoms with Gasteiger partial charge >= 0.3 is 0 Å². The summed E-state index contributed by atoms with van der Waals surface area (Å²) in [6, 6.07) is 11.5. The van der Waals surface area contributed by atoms with Crippen molar-refractivity contribution >= 4 is 5.95 Å². The van der Waals surface area contributed by atoms with Gasteiger partial charge in [-0.1, -0.05) is 12.1 Å². The molecule has 1 aromatic carbocycles. The molecule has 0 spiro atoms. The quantitative estimate of drug-likeness (QED) is 0.782. The van der Waals surface area contributed by atoms with Gasteiger partial charge in [0.15, 0.2) is 0 Å². The van der Waals surface area contributed by atoms with Gasteiger partial charge in [0.2, 0.25) is 11.8 Å². The third-order valence-corrected chi connectivity index (χ3v) is 4.45. The number of pyridine rings is 1. The zero-order valence-electron chi connectivity index (χ0n) is 14.1. The van der Waals surface area contributed by atoms with Crippen molar-refractivity contribution < 1.29 is 4.74 Å². The van der Waals surface area contributed by atoms with Gasteiger partial charge in [-0.2, -0.15) is 5.26 Å². The highest BCUT2D eigenvalue weighted by atomic mass is 16.5. The first kappa shape index (κ1) is 16.0. The summed E-state index contributed by atoms with van der Waals surface area (Å²) in [7, 11) is 0. The van der Waals surface area contributed by atoms with Gasteiger partial charge in [-0.25, -0.2) is 15.0 Å². The van der Waals surface area contributed by atoms with E-state index in [1.165, 1.54) is 5.56 Å². The summed E-state index contributed by atoms with van der Waals surface area (Å²) >= 11 is 0. The number of nitrogens with zero attached hydrogens (tertiary/aromatic N) is 4. The average Bonchev–Trinajstić information content (AvgIpc) is 3.15. The van der Waals surface area contributed by atoms with Crippen molar-refractivity contribution in [2.45, 2.75) is 25.9 Å². The van der Waals surface area contributed by atoms with Gasteiger partial charge in [-0.3, -0.25) is 0 Å². The van der Waals surface area contributed by atoms with E-state index in [0.717, 1.165) is 41.6 Å². The Kier molecular flexibility index (Phi) is 4.20. The molecule has 0 unspecified atom stereocenters. The molecule has 0 atom stereocenters. The average molecular weight is 343 g/mol. The van der Waals surface area contributed by atoms with Gasteiger partial charge in [0.25, 0.3) is 0 Å². The van der Waals surface area contributed by atoms with Crippen LogP contribution < -0.4 is 10.5 Å². The molecule has 0 saturated carbocycles.